The fraction of sp³-hybridized carbons (Fsp3) is 0.217. The van der Waals surface area contributed by atoms with Gasteiger partial charge >= 0.3 is 12.4 Å². The van der Waals surface area contributed by atoms with Crippen molar-refractivity contribution in [3.63, 3.8) is 0 Å². The third-order valence-electron chi connectivity index (χ3n) is 5.22. The summed E-state index contributed by atoms with van der Waals surface area (Å²) in [4.78, 5) is 11.5. The van der Waals surface area contributed by atoms with Gasteiger partial charge in [0.05, 0.1) is 33.9 Å². The zero-order chi connectivity index (χ0) is 24.7. The molecular formula is C23H17F6N5. The second-order valence-corrected chi connectivity index (χ2v) is 7.98. The van der Waals surface area contributed by atoms with Crippen molar-refractivity contribution >= 4 is 0 Å². The molecule has 0 amide bonds. The largest absolute Gasteiger partial charge is 0.433 e. The lowest BCUT2D eigenvalue weighted by Gasteiger charge is -2.22. The molecule has 0 spiro atoms. The van der Waals surface area contributed by atoms with Gasteiger partial charge in [-0.2, -0.15) is 31.4 Å². The highest BCUT2D eigenvalue weighted by Gasteiger charge is 2.34. The van der Waals surface area contributed by atoms with Gasteiger partial charge in [0.25, 0.3) is 0 Å². The van der Waals surface area contributed by atoms with E-state index in [1.165, 1.54) is 29.1 Å². The molecule has 34 heavy (non-hydrogen) atoms. The van der Waals surface area contributed by atoms with Gasteiger partial charge < -0.3 is 0 Å². The van der Waals surface area contributed by atoms with Crippen LogP contribution in [0, 0.1) is 0 Å². The van der Waals surface area contributed by atoms with Gasteiger partial charge in [-0.1, -0.05) is 12.1 Å². The minimum Gasteiger partial charge on any atom is -0.252 e. The Kier molecular flexibility index (Phi) is 5.66. The minimum atomic E-state index is -4.59. The Hall–Kier alpha value is -3.76. The molecule has 5 nitrogen and oxygen atoms in total. The standard InChI is InChI=1S/C23H17F6N5/c1-21(2,18-10-12-34(33-18)14-9-11-30-20(13-14)23(27,28)29)17-7-3-5-15(31-17)16-6-4-8-19(32-16)22(24,25)26/h3-13H,1-2H3. The van der Waals surface area contributed by atoms with Gasteiger partial charge in [0, 0.05) is 12.4 Å². The molecule has 0 N–H and O–H groups in total. The van der Waals surface area contributed by atoms with Crippen molar-refractivity contribution in [1.82, 2.24) is 24.7 Å². The summed E-state index contributed by atoms with van der Waals surface area (Å²) in [5.41, 5.74) is -1.38. The number of rotatable bonds is 4. The van der Waals surface area contributed by atoms with E-state index in [1.807, 2.05) is 0 Å². The molecule has 0 saturated heterocycles. The monoisotopic (exact) mass is 477 g/mol. The molecule has 0 fully saturated rings. The number of aromatic nitrogens is 5. The smallest absolute Gasteiger partial charge is 0.252 e. The Morgan fingerprint density at radius 3 is 1.88 bits per heavy atom. The fourth-order valence-corrected chi connectivity index (χ4v) is 3.31. The molecule has 11 heteroatoms. The van der Waals surface area contributed by atoms with E-state index in [4.69, 9.17) is 0 Å². The van der Waals surface area contributed by atoms with Crippen molar-refractivity contribution in [2.45, 2.75) is 31.6 Å². The second kappa shape index (κ2) is 8.23. The second-order valence-electron chi connectivity index (χ2n) is 7.98. The molecule has 0 saturated carbocycles. The quantitative estimate of drug-likeness (QED) is 0.334. The summed E-state index contributed by atoms with van der Waals surface area (Å²) in [6, 6.07) is 12.4. The molecule has 0 bridgehead atoms. The number of nitrogens with zero attached hydrogens (tertiary/aromatic N) is 5. The molecule has 176 valence electrons. The summed E-state index contributed by atoms with van der Waals surface area (Å²) in [6.45, 7) is 3.61. The van der Waals surface area contributed by atoms with Crippen LogP contribution in [0.15, 0.2) is 67.0 Å². The first-order valence-electron chi connectivity index (χ1n) is 9.97. The predicted molar refractivity (Wildman–Crippen MR) is 111 cm³/mol. The molecule has 4 rings (SSSR count). The molecule has 4 heterocycles. The van der Waals surface area contributed by atoms with Gasteiger partial charge in [0.2, 0.25) is 0 Å². The third kappa shape index (κ3) is 4.63. The van der Waals surface area contributed by atoms with Gasteiger partial charge in [-0.05, 0) is 56.3 Å². The molecule has 0 unspecified atom stereocenters. The summed E-state index contributed by atoms with van der Waals surface area (Å²) in [5, 5.41) is 4.42. The Balaban J connectivity index is 1.68. The van der Waals surface area contributed by atoms with Crippen LogP contribution in [0.3, 0.4) is 0 Å². The maximum Gasteiger partial charge on any atom is 0.433 e. The van der Waals surface area contributed by atoms with Gasteiger partial charge in [-0.15, -0.1) is 0 Å². The Morgan fingerprint density at radius 2 is 1.26 bits per heavy atom. The zero-order valence-corrected chi connectivity index (χ0v) is 17.9. The van der Waals surface area contributed by atoms with Crippen molar-refractivity contribution in [3.8, 4) is 17.1 Å². The Labute approximate surface area is 190 Å². The van der Waals surface area contributed by atoms with E-state index in [9.17, 15) is 26.3 Å². The average molecular weight is 477 g/mol. The Bertz CT molecular complexity index is 1320. The van der Waals surface area contributed by atoms with Crippen LogP contribution >= 0.6 is 0 Å². The molecule has 0 radical (unpaired) electrons. The lowest BCUT2D eigenvalue weighted by Crippen LogP contribution is -2.22. The average Bonchev–Trinajstić information content (AvgIpc) is 3.30. The normalized spacial score (nSPS) is 12.7. The molecule has 0 aromatic carbocycles. The molecule has 4 aromatic heterocycles. The SMILES string of the molecule is CC(C)(c1cccc(-c2cccc(C(F)(F)F)n2)n1)c1ccn(-c2ccnc(C(F)(F)F)c2)n1. The highest BCUT2D eigenvalue weighted by Crippen LogP contribution is 2.33. The third-order valence-corrected chi connectivity index (χ3v) is 5.22. The summed E-state index contributed by atoms with van der Waals surface area (Å²) in [6.07, 6.45) is -6.60. The summed E-state index contributed by atoms with van der Waals surface area (Å²) >= 11 is 0. The summed E-state index contributed by atoms with van der Waals surface area (Å²) in [7, 11) is 0. The molecule has 0 aliphatic heterocycles. The van der Waals surface area contributed by atoms with E-state index < -0.39 is 29.2 Å². The summed E-state index contributed by atoms with van der Waals surface area (Å²) in [5.74, 6) is 0. The van der Waals surface area contributed by atoms with Crippen LogP contribution in [0.5, 0.6) is 0 Å². The van der Waals surface area contributed by atoms with Gasteiger partial charge in [0.15, 0.2) is 0 Å². The van der Waals surface area contributed by atoms with Crippen LogP contribution in [-0.4, -0.2) is 24.7 Å². The van der Waals surface area contributed by atoms with Crippen molar-refractivity contribution in [3.05, 3.63) is 89.8 Å². The fourth-order valence-electron chi connectivity index (χ4n) is 3.31. The predicted octanol–water partition coefficient (Wildman–Crippen LogP) is 6.09. The van der Waals surface area contributed by atoms with Gasteiger partial charge in [-0.25, -0.2) is 9.67 Å². The van der Waals surface area contributed by atoms with Crippen LogP contribution in [-0.2, 0) is 17.8 Å². The minimum absolute atomic E-state index is 0.0643. The van der Waals surface area contributed by atoms with E-state index >= 15 is 0 Å². The van der Waals surface area contributed by atoms with Crippen molar-refractivity contribution < 1.29 is 26.3 Å². The van der Waals surface area contributed by atoms with E-state index in [1.54, 1.807) is 38.1 Å². The summed E-state index contributed by atoms with van der Waals surface area (Å²) < 4.78 is 79.4. The van der Waals surface area contributed by atoms with Crippen molar-refractivity contribution in [2.75, 3.05) is 0 Å². The lowest BCUT2D eigenvalue weighted by molar-refractivity contribution is -0.141. The first kappa shape index (κ1) is 23.4. The van der Waals surface area contributed by atoms with Crippen LogP contribution in [0.1, 0.15) is 36.6 Å². The first-order valence-corrected chi connectivity index (χ1v) is 9.97. The molecule has 0 aliphatic carbocycles. The van der Waals surface area contributed by atoms with Crippen LogP contribution in [0.2, 0.25) is 0 Å². The van der Waals surface area contributed by atoms with Crippen molar-refractivity contribution in [1.29, 1.82) is 0 Å². The highest BCUT2D eigenvalue weighted by molar-refractivity contribution is 5.55. The van der Waals surface area contributed by atoms with E-state index in [2.05, 4.69) is 20.1 Å². The molecule has 0 atom stereocenters. The number of hydrogen-bond acceptors (Lipinski definition) is 4. The Morgan fingerprint density at radius 1 is 0.676 bits per heavy atom. The number of hydrogen-bond donors (Lipinski definition) is 0. The van der Waals surface area contributed by atoms with Gasteiger partial charge in [0.1, 0.15) is 11.4 Å². The molecular weight excluding hydrogens is 460 g/mol. The number of halogens is 6. The van der Waals surface area contributed by atoms with E-state index in [0.717, 1.165) is 18.3 Å². The molecule has 0 aliphatic rings. The van der Waals surface area contributed by atoms with Crippen LogP contribution in [0.4, 0.5) is 26.3 Å². The lowest BCUT2D eigenvalue weighted by atomic mass is 9.85. The maximum atomic E-state index is 13.0. The highest BCUT2D eigenvalue weighted by atomic mass is 19.4. The van der Waals surface area contributed by atoms with Crippen LogP contribution < -0.4 is 0 Å². The molecule has 4 aromatic rings. The van der Waals surface area contributed by atoms with E-state index in [-0.39, 0.29) is 17.1 Å². The van der Waals surface area contributed by atoms with Crippen molar-refractivity contribution in [2.24, 2.45) is 0 Å². The van der Waals surface area contributed by atoms with E-state index in [0.29, 0.717) is 11.4 Å². The maximum absolute atomic E-state index is 13.0. The zero-order valence-electron chi connectivity index (χ0n) is 17.9. The number of pyridine rings is 3. The van der Waals surface area contributed by atoms with Gasteiger partial charge in [-0.3, -0.25) is 9.97 Å². The number of alkyl halides is 6. The first-order chi connectivity index (χ1) is 15.9. The van der Waals surface area contributed by atoms with Crippen LogP contribution in [0.25, 0.3) is 17.1 Å². The topological polar surface area (TPSA) is 56.5 Å².